The standard InChI is InChI=1S/C12H3F13O2/c13-3-9(20,21)2-1-8(6(18)26,11(3,22)23)12(24,25)10(4(14)15,5(16)17)7(19)27/h3-5H. The van der Waals surface area contributed by atoms with Crippen molar-refractivity contribution < 1.29 is 66.7 Å². The van der Waals surface area contributed by atoms with Crippen molar-refractivity contribution in [2.24, 2.45) is 10.8 Å². The quantitative estimate of drug-likeness (QED) is 0.369. The summed E-state index contributed by atoms with van der Waals surface area (Å²) in [5.41, 5.74) is -12.7. The van der Waals surface area contributed by atoms with Gasteiger partial charge in [0.1, 0.15) is 0 Å². The van der Waals surface area contributed by atoms with Crippen LogP contribution in [0.4, 0.5) is 57.1 Å². The average molecular weight is 426 g/mol. The third-order valence-electron chi connectivity index (χ3n) is 3.85. The summed E-state index contributed by atoms with van der Waals surface area (Å²) in [5.74, 6) is -19.8. The summed E-state index contributed by atoms with van der Waals surface area (Å²) in [6.07, 6.45) is -16.5. The minimum atomic E-state index is -7.20. The zero-order chi connectivity index (χ0) is 21.8. The Kier molecular flexibility index (Phi) is 5.34. The van der Waals surface area contributed by atoms with Crippen LogP contribution in [0.5, 0.6) is 0 Å². The summed E-state index contributed by atoms with van der Waals surface area (Å²) in [5, 5.41) is 0. The molecule has 0 bridgehead atoms. The second-order valence-electron chi connectivity index (χ2n) is 5.20. The van der Waals surface area contributed by atoms with Crippen LogP contribution in [-0.2, 0) is 9.59 Å². The maximum absolute atomic E-state index is 14.3. The lowest BCUT2D eigenvalue weighted by atomic mass is 9.62. The fourth-order valence-electron chi connectivity index (χ4n) is 2.31. The second-order valence-corrected chi connectivity index (χ2v) is 5.20. The smallest absolute Gasteiger partial charge is 0.260 e. The van der Waals surface area contributed by atoms with E-state index in [0.29, 0.717) is 0 Å². The van der Waals surface area contributed by atoms with E-state index in [1.54, 1.807) is 0 Å². The number of alkyl halides is 11. The van der Waals surface area contributed by atoms with E-state index in [9.17, 15) is 66.7 Å². The molecule has 0 saturated carbocycles. The highest BCUT2D eigenvalue weighted by molar-refractivity contribution is 5.87. The minimum absolute atomic E-state index is 0.0717. The van der Waals surface area contributed by atoms with Crippen molar-refractivity contribution in [1.82, 2.24) is 0 Å². The topological polar surface area (TPSA) is 34.1 Å². The predicted octanol–water partition coefficient (Wildman–Crippen LogP) is 3.74. The number of rotatable bonds is 6. The molecule has 0 radical (unpaired) electrons. The van der Waals surface area contributed by atoms with Crippen molar-refractivity contribution in [3.8, 4) is 11.8 Å². The number of halogens is 13. The maximum atomic E-state index is 14.3. The van der Waals surface area contributed by atoms with Gasteiger partial charge in [0.05, 0.1) is 0 Å². The number of carbonyl (C=O) groups is 2. The molecule has 1 aliphatic carbocycles. The molecule has 15 heteroatoms. The lowest BCUT2D eigenvalue weighted by Crippen LogP contribution is -2.73. The highest BCUT2D eigenvalue weighted by atomic mass is 19.3. The molecule has 2 atom stereocenters. The Morgan fingerprint density at radius 3 is 1.59 bits per heavy atom. The minimum Gasteiger partial charge on any atom is -0.260 e. The summed E-state index contributed by atoms with van der Waals surface area (Å²) in [4.78, 5) is 21.3. The van der Waals surface area contributed by atoms with Gasteiger partial charge < -0.3 is 0 Å². The molecule has 1 rings (SSSR count). The Balaban J connectivity index is 4.12. The molecule has 0 amide bonds. The predicted molar refractivity (Wildman–Crippen MR) is 56.6 cm³/mol. The van der Waals surface area contributed by atoms with E-state index in [1.807, 2.05) is 0 Å². The molecule has 0 aliphatic heterocycles. The average Bonchev–Trinajstić information content (AvgIpc) is 2.43. The van der Waals surface area contributed by atoms with Crippen LogP contribution in [0, 0.1) is 22.7 Å². The van der Waals surface area contributed by atoms with Crippen molar-refractivity contribution in [3.63, 3.8) is 0 Å². The van der Waals surface area contributed by atoms with E-state index in [-0.39, 0.29) is 11.8 Å². The van der Waals surface area contributed by atoms with E-state index in [2.05, 4.69) is 0 Å². The number of carbonyl (C=O) groups excluding carboxylic acids is 2. The van der Waals surface area contributed by atoms with Crippen LogP contribution < -0.4 is 0 Å². The molecule has 0 aromatic heterocycles. The SMILES string of the molecule is O=C(F)C(C(F)F)(C(F)F)C(F)(F)C1(C(=O)F)C#CC(F)(F)C(F)C1(F)F. The van der Waals surface area contributed by atoms with Crippen LogP contribution >= 0.6 is 0 Å². The molecule has 0 spiro atoms. The highest BCUT2D eigenvalue weighted by Gasteiger charge is 2.89. The zero-order valence-electron chi connectivity index (χ0n) is 12.0. The van der Waals surface area contributed by atoms with Gasteiger partial charge in [-0.05, 0) is 5.92 Å². The molecule has 0 N–H and O–H groups in total. The lowest BCUT2D eigenvalue weighted by molar-refractivity contribution is -0.318. The molecule has 0 aromatic rings. The molecule has 2 nitrogen and oxygen atoms in total. The fourth-order valence-corrected chi connectivity index (χ4v) is 2.31. The van der Waals surface area contributed by atoms with Gasteiger partial charge in [0.2, 0.25) is 11.6 Å². The van der Waals surface area contributed by atoms with Gasteiger partial charge in [-0.25, -0.2) is 39.5 Å². The Hall–Kier alpha value is -2.01. The lowest BCUT2D eigenvalue weighted by Gasteiger charge is -2.47. The van der Waals surface area contributed by atoms with Gasteiger partial charge in [-0.3, -0.25) is 9.59 Å². The molecular weight excluding hydrogens is 423 g/mol. The molecule has 2 unspecified atom stereocenters. The van der Waals surface area contributed by atoms with E-state index >= 15 is 0 Å². The van der Waals surface area contributed by atoms with E-state index in [4.69, 9.17) is 0 Å². The number of hydrogen-bond acceptors (Lipinski definition) is 2. The van der Waals surface area contributed by atoms with Gasteiger partial charge in [0, 0.05) is 0 Å². The summed E-state index contributed by atoms with van der Waals surface area (Å²) < 4.78 is 173. The van der Waals surface area contributed by atoms with E-state index in [0.717, 1.165) is 0 Å². The Morgan fingerprint density at radius 1 is 0.889 bits per heavy atom. The molecule has 27 heavy (non-hydrogen) atoms. The third-order valence-corrected chi connectivity index (χ3v) is 3.85. The van der Waals surface area contributed by atoms with Gasteiger partial charge in [-0.15, -0.1) is 0 Å². The van der Waals surface area contributed by atoms with Gasteiger partial charge in [-0.1, -0.05) is 5.92 Å². The van der Waals surface area contributed by atoms with Crippen LogP contribution in [0.3, 0.4) is 0 Å². The Labute approximate surface area is 139 Å². The van der Waals surface area contributed by atoms with Crippen LogP contribution in [0.1, 0.15) is 0 Å². The van der Waals surface area contributed by atoms with Gasteiger partial charge in [0.25, 0.3) is 18.3 Å². The van der Waals surface area contributed by atoms with E-state index < -0.39 is 59.7 Å². The first-order chi connectivity index (χ1) is 11.9. The van der Waals surface area contributed by atoms with E-state index in [1.165, 1.54) is 0 Å². The van der Waals surface area contributed by atoms with Crippen LogP contribution in [-0.4, -0.2) is 48.9 Å². The third kappa shape index (κ3) is 2.51. The highest BCUT2D eigenvalue weighted by Crippen LogP contribution is 2.64. The first kappa shape index (κ1) is 23.0. The maximum Gasteiger partial charge on any atom is 0.344 e. The summed E-state index contributed by atoms with van der Waals surface area (Å²) in [6.45, 7) is 0. The normalized spacial score (nSPS) is 27.3. The molecular formula is C12H3F13O2. The molecule has 0 saturated heterocycles. The molecule has 0 aromatic carbocycles. The fraction of sp³-hybridized carbons (Fsp3) is 0.667. The monoisotopic (exact) mass is 426 g/mol. The molecule has 1 aliphatic rings. The molecule has 0 fully saturated rings. The van der Waals surface area contributed by atoms with Crippen molar-refractivity contribution >= 4 is 12.1 Å². The van der Waals surface area contributed by atoms with Gasteiger partial charge in [-0.2, -0.15) is 17.6 Å². The van der Waals surface area contributed by atoms with Crippen LogP contribution in [0.25, 0.3) is 0 Å². The van der Waals surface area contributed by atoms with Crippen molar-refractivity contribution in [2.45, 2.75) is 36.8 Å². The molecule has 0 heterocycles. The molecule has 154 valence electrons. The summed E-state index contributed by atoms with van der Waals surface area (Å²) >= 11 is 0. The Morgan fingerprint density at radius 2 is 1.30 bits per heavy atom. The largest absolute Gasteiger partial charge is 0.344 e. The zero-order valence-corrected chi connectivity index (χ0v) is 12.0. The van der Waals surface area contributed by atoms with Crippen molar-refractivity contribution in [2.75, 3.05) is 0 Å². The summed E-state index contributed by atoms with van der Waals surface area (Å²) in [6, 6.07) is -8.72. The first-order valence-corrected chi connectivity index (χ1v) is 6.17. The Bertz CT molecular complexity index is 696. The van der Waals surface area contributed by atoms with Crippen molar-refractivity contribution in [3.05, 3.63) is 0 Å². The van der Waals surface area contributed by atoms with Crippen LogP contribution in [0.15, 0.2) is 0 Å². The first-order valence-electron chi connectivity index (χ1n) is 6.17. The number of hydrogen-bond donors (Lipinski definition) is 0. The van der Waals surface area contributed by atoms with Gasteiger partial charge in [0.15, 0.2) is 0 Å². The van der Waals surface area contributed by atoms with Gasteiger partial charge >= 0.3 is 29.8 Å². The van der Waals surface area contributed by atoms with Crippen LogP contribution in [0.2, 0.25) is 0 Å². The summed E-state index contributed by atoms with van der Waals surface area (Å²) in [7, 11) is 0. The van der Waals surface area contributed by atoms with Crippen molar-refractivity contribution in [1.29, 1.82) is 0 Å². The second kappa shape index (κ2) is 6.26.